The van der Waals surface area contributed by atoms with Crippen LogP contribution in [0.3, 0.4) is 0 Å². The van der Waals surface area contributed by atoms with Crippen molar-refractivity contribution in [2.75, 3.05) is 19.6 Å². The predicted molar refractivity (Wildman–Crippen MR) is 79.7 cm³/mol. The first-order valence-electron chi connectivity index (χ1n) is 7.36. The summed E-state index contributed by atoms with van der Waals surface area (Å²) in [6.45, 7) is 8.79. The Hall–Kier alpha value is -1.00. The van der Waals surface area contributed by atoms with Crippen LogP contribution in [0.25, 0.3) is 0 Å². The molecule has 2 nitrogen and oxygen atoms in total. The Bertz CT molecular complexity index is 417. The largest absolute Gasteiger partial charge is 0.329 e. The number of nitrogens with two attached hydrogens (primary N) is 1. The van der Waals surface area contributed by atoms with Crippen LogP contribution in [0.1, 0.15) is 39.2 Å². The van der Waals surface area contributed by atoms with E-state index >= 15 is 0 Å². The number of nitrogens with zero attached hydrogens (tertiary/aromatic N) is 1. The first-order chi connectivity index (χ1) is 9.46. The van der Waals surface area contributed by atoms with Crippen molar-refractivity contribution < 1.29 is 8.78 Å². The number of halogens is 2. The molecule has 0 amide bonds. The average Bonchev–Trinajstić information content (AvgIpc) is 2.42. The molecule has 0 aliphatic carbocycles. The Morgan fingerprint density at radius 2 is 1.70 bits per heavy atom. The lowest BCUT2D eigenvalue weighted by Crippen LogP contribution is -2.53. The fourth-order valence-corrected chi connectivity index (χ4v) is 2.59. The van der Waals surface area contributed by atoms with Crippen LogP contribution in [0, 0.1) is 11.6 Å². The molecule has 0 aliphatic rings. The molecule has 20 heavy (non-hydrogen) atoms. The van der Waals surface area contributed by atoms with E-state index in [2.05, 4.69) is 25.7 Å². The molecule has 0 bridgehead atoms. The third-order valence-electron chi connectivity index (χ3n) is 3.76. The monoisotopic (exact) mass is 284 g/mol. The van der Waals surface area contributed by atoms with E-state index in [1.54, 1.807) is 6.07 Å². The van der Waals surface area contributed by atoms with Gasteiger partial charge in [0, 0.05) is 12.1 Å². The standard InChI is InChI=1S/C16H26F2N2/c1-4-8-20(9-5-2)16(3,12-19)11-13-6-7-14(17)15(18)10-13/h6-7,10H,4-5,8-9,11-12,19H2,1-3H3. The van der Waals surface area contributed by atoms with E-state index in [9.17, 15) is 8.78 Å². The van der Waals surface area contributed by atoms with Gasteiger partial charge in [0.25, 0.3) is 0 Å². The van der Waals surface area contributed by atoms with Crippen molar-refractivity contribution in [2.24, 2.45) is 5.73 Å². The summed E-state index contributed by atoms with van der Waals surface area (Å²) in [7, 11) is 0. The first kappa shape index (κ1) is 17.1. The van der Waals surface area contributed by atoms with E-state index in [0.717, 1.165) is 31.5 Å². The fourth-order valence-electron chi connectivity index (χ4n) is 2.59. The van der Waals surface area contributed by atoms with Gasteiger partial charge in [-0.3, -0.25) is 4.90 Å². The summed E-state index contributed by atoms with van der Waals surface area (Å²) in [6, 6.07) is 4.10. The number of rotatable bonds is 8. The fraction of sp³-hybridized carbons (Fsp3) is 0.625. The van der Waals surface area contributed by atoms with Gasteiger partial charge in [-0.1, -0.05) is 19.9 Å². The zero-order valence-corrected chi connectivity index (χ0v) is 12.8. The highest BCUT2D eigenvalue weighted by atomic mass is 19.2. The van der Waals surface area contributed by atoms with Gasteiger partial charge in [-0.2, -0.15) is 0 Å². The molecule has 2 N–H and O–H groups in total. The minimum atomic E-state index is -0.804. The van der Waals surface area contributed by atoms with Crippen LogP contribution >= 0.6 is 0 Å². The van der Waals surface area contributed by atoms with Gasteiger partial charge in [0.05, 0.1) is 0 Å². The highest BCUT2D eigenvalue weighted by molar-refractivity contribution is 5.20. The predicted octanol–water partition coefficient (Wildman–Crippen LogP) is 3.35. The minimum Gasteiger partial charge on any atom is -0.329 e. The first-order valence-corrected chi connectivity index (χ1v) is 7.36. The van der Waals surface area contributed by atoms with Crippen molar-refractivity contribution in [3.63, 3.8) is 0 Å². The molecular formula is C16H26F2N2. The van der Waals surface area contributed by atoms with Crippen molar-refractivity contribution in [1.82, 2.24) is 4.90 Å². The zero-order chi connectivity index (χ0) is 15.2. The molecule has 0 aliphatic heterocycles. The second-order valence-electron chi connectivity index (χ2n) is 5.61. The summed E-state index contributed by atoms with van der Waals surface area (Å²) in [5.74, 6) is -1.60. The van der Waals surface area contributed by atoms with Gasteiger partial charge < -0.3 is 5.73 Å². The third kappa shape index (κ3) is 4.25. The Morgan fingerprint density at radius 3 is 2.15 bits per heavy atom. The molecule has 1 atom stereocenters. The van der Waals surface area contributed by atoms with Gasteiger partial charge in [0.1, 0.15) is 0 Å². The van der Waals surface area contributed by atoms with Gasteiger partial charge >= 0.3 is 0 Å². The van der Waals surface area contributed by atoms with Gasteiger partial charge in [0.2, 0.25) is 0 Å². The maximum absolute atomic E-state index is 13.3. The summed E-state index contributed by atoms with van der Waals surface area (Å²) < 4.78 is 26.3. The van der Waals surface area contributed by atoms with Crippen LogP contribution in [0.2, 0.25) is 0 Å². The topological polar surface area (TPSA) is 29.3 Å². The molecule has 0 aromatic heterocycles. The molecule has 0 radical (unpaired) electrons. The molecule has 0 fully saturated rings. The zero-order valence-electron chi connectivity index (χ0n) is 12.8. The molecule has 0 saturated heterocycles. The molecule has 1 aromatic carbocycles. The average molecular weight is 284 g/mol. The Balaban J connectivity index is 2.93. The molecule has 0 heterocycles. The van der Waals surface area contributed by atoms with Crippen molar-refractivity contribution in [1.29, 1.82) is 0 Å². The molecule has 1 aromatic rings. The molecule has 0 saturated carbocycles. The lowest BCUT2D eigenvalue weighted by Gasteiger charge is -2.41. The van der Waals surface area contributed by atoms with Crippen LogP contribution in [-0.2, 0) is 6.42 Å². The van der Waals surface area contributed by atoms with Crippen LogP contribution in [-0.4, -0.2) is 30.1 Å². The van der Waals surface area contributed by atoms with Crippen molar-refractivity contribution in [2.45, 2.75) is 45.6 Å². The lowest BCUT2D eigenvalue weighted by atomic mass is 9.90. The van der Waals surface area contributed by atoms with E-state index < -0.39 is 11.6 Å². The van der Waals surface area contributed by atoms with E-state index in [-0.39, 0.29) is 5.54 Å². The summed E-state index contributed by atoms with van der Waals surface area (Å²) in [6.07, 6.45) is 2.72. The van der Waals surface area contributed by atoms with Crippen molar-refractivity contribution >= 4 is 0 Å². The van der Waals surface area contributed by atoms with E-state index in [1.165, 1.54) is 12.1 Å². The second-order valence-corrected chi connectivity index (χ2v) is 5.61. The van der Waals surface area contributed by atoms with Gasteiger partial charge in [0.15, 0.2) is 11.6 Å². The molecule has 1 rings (SSSR count). The number of benzene rings is 1. The molecule has 0 spiro atoms. The number of hydrogen-bond acceptors (Lipinski definition) is 2. The van der Waals surface area contributed by atoms with Crippen molar-refractivity contribution in [3.8, 4) is 0 Å². The van der Waals surface area contributed by atoms with Crippen LogP contribution in [0.15, 0.2) is 18.2 Å². The quantitative estimate of drug-likeness (QED) is 0.793. The SMILES string of the molecule is CCCN(CCC)C(C)(CN)Cc1ccc(F)c(F)c1. The highest BCUT2D eigenvalue weighted by Crippen LogP contribution is 2.22. The van der Waals surface area contributed by atoms with Crippen LogP contribution < -0.4 is 5.73 Å². The molecular weight excluding hydrogens is 258 g/mol. The third-order valence-corrected chi connectivity index (χ3v) is 3.76. The van der Waals surface area contributed by atoms with E-state index in [0.29, 0.717) is 13.0 Å². The molecule has 4 heteroatoms. The van der Waals surface area contributed by atoms with Crippen LogP contribution in [0.5, 0.6) is 0 Å². The maximum Gasteiger partial charge on any atom is 0.159 e. The van der Waals surface area contributed by atoms with Gasteiger partial charge in [-0.15, -0.1) is 0 Å². The highest BCUT2D eigenvalue weighted by Gasteiger charge is 2.29. The van der Waals surface area contributed by atoms with E-state index in [1.807, 2.05) is 0 Å². The number of hydrogen-bond donors (Lipinski definition) is 1. The van der Waals surface area contributed by atoms with Crippen molar-refractivity contribution in [3.05, 3.63) is 35.4 Å². The summed E-state index contributed by atoms with van der Waals surface area (Å²) in [5.41, 5.74) is 6.54. The summed E-state index contributed by atoms with van der Waals surface area (Å²) in [4.78, 5) is 2.36. The Labute approximate surface area is 121 Å². The smallest absolute Gasteiger partial charge is 0.159 e. The summed E-state index contributed by atoms with van der Waals surface area (Å²) in [5, 5.41) is 0. The Kier molecular flexibility index (Phi) is 6.56. The minimum absolute atomic E-state index is 0.226. The van der Waals surface area contributed by atoms with E-state index in [4.69, 9.17) is 5.73 Å². The van der Waals surface area contributed by atoms with Gasteiger partial charge in [-0.05, 0) is 57.0 Å². The second kappa shape index (κ2) is 7.70. The lowest BCUT2D eigenvalue weighted by molar-refractivity contribution is 0.109. The maximum atomic E-state index is 13.3. The van der Waals surface area contributed by atoms with Crippen LogP contribution in [0.4, 0.5) is 8.78 Å². The normalized spacial score (nSPS) is 14.6. The molecule has 1 unspecified atom stereocenters. The Morgan fingerprint density at radius 1 is 1.10 bits per heavy atom. The molecule has 114 valence electrons. The summed E-state index contributed by atoms with van der Waals surface area (Å²) >= 11 is 0. The van der Waals surface area contributed by atoms with Gasteiger partial charge in [-0.25, -0.2) is 8.78 Å².